The van der Waals surface area contributed by atoms with Crippen molar-refractivity contribution in [1.82, 2.24) is 0 Å². The average molecular weight is 441 g/mol. The molecule has 0 saturated heterocycles. The number of sulfonamides is 1. The number of hydrogen-bond acceptors (Lipinski definition) is 5. The van der Waals surface area contributed by atoms with Crippen LogP contribution in [0.2, 0.25) is 5.02 Å². The first kappa shape index (κ1) is 22.8. The van der Waals surface area contributed by atoms with E-state index in [1.807, 2.05) is 6.92 Å². The first-order chi connectivity index (χ1) is 13.7. The molecular formula is C20H25ClN2O5S. The lowest BCUT2D eigenvalue weighted by Gasteiger charge is -2.30. The van der Waals surface area contributed by atoms with E-state index in [-0.39, 0.29) is 6.42 Å². The van der Waals surface area contributed by atoms with Gasteiger partial charge in [0.2, 0.25) is 15.9 Å². The molecule has 0 aliphatic heterocycles. The van der Waals surface area contributed by atoms with Crippen molar-refractivity contribution in [1.29, 1.82) is 0 Å². The monoisotopic (exact) mass is 440 g/mol. The van der Waals surface area contributed by atoms with Gasteiger partial charge in [-0.25, -0.2) is 8.42 Å². The number of hydrogen-bond donors (Lipinski definition) is 1. The molecule has 0 fully saturated rings. The zero-order chi connectivity index (χ0) is 21.6. The van der Waals surface area contributed by atoms with Gasteiger partial charge in [0.05, 0.1) is 31.3 Å². The van der Waals surface area contributed by atoms with E-state index in [2.05, 4.69) is 5.32 Å². The molecule has 0 unspecified atom stereocenters. The molecule has 29 heavy (non-hydrogen) atoms. The maximum Gasteiger partial charge on any atom is 0.248 e. The standard InChI is InChI=1S/C20H25ClN2O5S/c1-5-18(20(24)22-17-13-14(21)7-12-19(17)27-3)23(29(4,25)26)15-8-10-16(11-9-15)28-6-2/h7-13,18H,5-6H2,1-4H3,(H,22,24)/t18-/m0/s1. The molecule has 9 heteroatoms. The molecule has 0 aromatic heterocycles. The number of rotatable bonds is 9. The van der Waals surface area contributed by atoms with Crippen LogP contribution in [0.1, 0.15) is 20.3 Å². The summed E-state index contributed by atoms with van der Waals surface area (Å²) in [4.78, 5) is 13.0. The van der Waals surface area contributed by atoms with Gasteiger partial charge in [-0.3, -0.25) is 9.10 Å². The van der Waals surface area contributed by atoms with E-state index in [9.17, 15) is 13.2 Å². The van der Waals surface area contributed by atoms with E-state index < -0.39 is 22.0 Å². The van der Waals surface area contributed by atoms with Crippen molar-refractivity contribution in [3.8, 4) is 11.5 Å². The summed E-state index contributed by atoms with van der Waals surface area (Å²) < 4.78 is 36.8. The van der Waals surface area contributed by atoms with Gasteiger partial charge < -0.3 is 14.8 Å². The molecule has 0 aliphatic rings. The Bertz CT molecular complexity index is 948. The smallest absolute Gasteiger partial charge is 0.248 e. The highest BCUT2D eigenvalue weighted by Gasteiger charge is 2.32. The normalized spacial score (nSPS) is 12.2. The van der Waals surface area contributed by atoms with Gasteiger partial charge in [-0.15, -0.1) is 0 Å². The maximum atomic E-state index is 13.0. The molecule has 1 N–H and O–H groups in total. The number of nitrogens with one attached hydrogen (secondary N) is 1. The fourth-order valence-electron chi connectivity index (χ4n) is 2.91. The van der Waals surface area contributed by atoms with Crippen LogP contribution in [-0.2, 0) is 14.8 Å². The number of amides is 1. The van der Waals surface area contributed by atoms with E-state index in [4.69, 9.17) is 21.1 Å². The molecule has 1 amide bonds. The summed E-state index contributed by atoms with van der Waals surface area (Å²) in [5.74, 6) is 0.544. The van der Waals surface area contributed by atoms with E-state index in [0.29, 0.717) is 34.5 Å². The number of methoxy groups -OCH3 is 1. The van der Waals surface area contributed by atoms with Crippen LogP contribution in [0.25, 0.3) is 0 Å². The lowest BCUT2D eigenvalue weighted by Crippen LogP contribution is -2.47. The number of anilines is 2. The van der Waals surface area contributed by atoms with Gasteiger partial charge >= 0.3 is 0 Å². The van der Waals surface area contributed by atoms with Crippen LogP contribution >= 0.6 is 11.6 Å². The highest BCUT2D eigenvalue weighted by atomic mass is 35.5. The molecule has 158 valence electrons. The van der Waals surface area contributed by atoms with Gasteiger partial charge in [0.15, 0.2) is 0 Å². The third-order valence-corrected chi connectivity index (χ3v) is 5.57. The van der Waals surface area contributed by atoms with Crippen LogP contribution in [0.15, 0.2) is 42.5 Å². The van der Waals surface area contributed by atoms with Crippen LogP contribution in [0.4, 0.5) is 11.4 Å². The van der Waals surface area contributed by atoms with Crippen molar-refractivity contribution in [3.05, 3.63) is 47.5 Å². The Kier molecular flexibility index (Phi) is 7.75. The van der Waals surface area contributed by atoms with E-state index in [1.165, 1.54) is 7.11 Å². The molecule has 2 aromatic carbocycles. The minimum absolute atomic E-state index is 0.259. The molecule has 2 aromatic rings. The summed E-state index contributed by atoms with van der Waals surface area (Å²) in [7, 11) is -2.27. The zero-order valence-corrected chi connectivity index (χ0v) is 18.4. The van der Waals surface area contributed by atoms with Crippen molar-refractivity contribution in [2.24, 2.45) is 0 Å². The first-order valence-electron chi connectivity index (χ1n) is 9.07. The predicted molar refractivity (Wildman–Crippen MR) is 116 cm³/mol. The number of carbonyl (C=O) groups is 1. The molecule has 7 nitrogen and oxygen atoms in total. The molecule has 1 atom stereocenters. The number of ether oxygens (including phenoxy) is 2. The van der Waals surface area contributed by atoms with E-state index in [1.54, 1.807) is 49.4 Å². The average Bonchev–Trinajstić information content (AvgIpc) is 2.66. The summed E-state index contributed by atoms with van der Waals surface area (Å²) in [6, 6.07) is 10.4. The molecular weight excluding hydrogens is 416 g/mol. The Labute approximate surface area is 176 Å². The van der Waals surface area contributed by atoms with Crippen LogP contribution in [0, 0.1) is 0 Å². The third-order valence-electron chi connectivity index (χ3n) is 4.15. The summed E-state index contributed by atoms with van der Waals surface area (Å²) in [6.07, 6.45) is 1.33. The molecule has 0 spiro atoms. The maximum absolute atomic E-state index is 13.0. The quantitative estimate of drug-likeness (QED) is 0.638. The number of halogens is 1. The molecule has 0 radical (unpaired) electrons. The number of carbonyl (C=O) groups excluding carboxylic acids is 1. The van der Waals surface area contributed by atoms with Gasteiger partial charge in [0.25, 0.3) is 0 Å². The fourth-order valence-corrected chi connectivity index (χ4v) is 4.29. The van der Waals surface area contributed by atoms with Crippen LogP contribution in [0.5, 0.6) is 11.5 Å². The van der Waals surface area contributed by atoms with E-state index in [0.717, 1.165) is 10.6 Å². The SMILES string of the molecule is CCOc1ccc(N([C@@H](CC)C(=O)Nc2cc(Cl)ccc2OC)S(C)(=O)=O)cc1. The van der Waals surface area contributed by atoms with Gasteiger partial charge in [0, 0.05) is 5.02 Å². The Morgan fingerprint density at radius 2 is 1.83 bits per heavy atom. The summed E-state index contributed by atoms with van der Waals surface area (Å²) >= 11 is 6.02. The molecule has 0 saturated carbocycles. The fraction of sp³-hybridized carbons (Fsp3) is 0.350. The van der Waals surface area contributed by atoms with Crippen molar-refractivity contribution in [2.75, 3.05) is 29.6 Å². The Morgan fingerprint density at radius 3 is 2.34 bits per heavy atom. The van der Waals surface area contributed by atoms with Crippen LogP contribution in [-0.4, -0.2) is 40.3 Å². The second-order valence-corrected chi connectivity index (χ2v) is 8.54. The van der Waals surface area contributed by atoms with Crippen molar-refractivity contribution >= 4 is 38.9 Å². The van der Waals surface area contributed by atoms with Gasteiger partial charge in [-0.1, -0.05) is 18.5 Å². The second-order valence-electron chi connectivity index (χ2n) is 6.24. The molecule has 0 aliphatic carbocycles. The number of benzene rings is 2. The van der Waals surface area contributed by atoms with Gasteiger partial charge in [0.1, 0.15) is 17.5 Å². The number of nitrogens with zero attached hydrogens (tertiary/aromatic N) is 1. The van der Waals surface area contributed by atoms with Gasteiger partial charge in [-0.2, -0.15) is 0 Å². The zero-order valence-electron chi connectivity index (χ0n) is 16.8. The second kappa shape index (κ2) is 9.84. The molecule has 0 bridgehead atoms. The summed E-state index contributed by atoms with van der Waals surface area (Å²) in [5, 5.41) is 3.15. The molecule has 0 heterocycles. The third kappa shape index (κ3) is 5.77. The lowest BCUT2D eigenvalue weighted by molar-refractivity contribution is -0.117. The Morgan fingerprint density at radius 1 is 1.17 bits per heavy atom. The highest BCUT2D eigenvalue weighted by molar-refractivity contribution is 7.92. The lowest BCUT2D eigenvalue weighted by atomic mass is 10.1. The summed E-state index contributed by atoms with van der Waals surface area (Å²) in [6.45, 7) is 4.10. The largest absolute Gasteiger partial charge is 0.495 e. The van der Waals surface area contributed by atoms with Crippen molar-refractivity contribution < 1.29 is 22.7 Å². The summed E-state index contributed by atoms with van der Waals surface area (Å²) in [5.41, 5.74) is 0.736. The predicted octanol–water partition coefficient (Wildman–Crippen LogP) is 3.93. The van der Waals surface area contributed by atoms with Crippen LogP contribution in [0.3, 0.4) is 0 Å². The minimum Gasteiger partial charge on any atom is -0.495 e. The Hall–Kier alpha value is -2.45. The minimum atomic E-state index is -3.74. The van der Waals surface area contributed by atoms with Crippen LogP contribution < -0.4 is 19.1 Å². The van der Waals surface area contributed by atoms with E-state index >= 15 is 0 Å². The molecule has 2 rings (SSSR count). The Balaban J connectivity index is 2.38. The highest BCUT2D eigenvalue weighted by Crippen LogP contribution is 2.30. The topological polar surface area (TPSA) is 84.9 Å². The van der Waals surface area contributed by atoms with Crippen molar-refractivity contribution in [3.63, 3.8) is 0 Å². The first-order valence-corrected chi connectivity index (χ1v) is 11.3. The van der Waals surface area contributed by atoms with Gasteiger partial charge in [-0.05, 0) is 55.8 Å². The van der Waals surface area contributed by atoms with Crippen molar-refractivity contribution in [2.45, 2.75) is 26.3 Å².